The fourth-order valence-electron chi connectivity index (χ4n) is 2.93. The van der Waals surface area contributed by atoms with Crippen molar-refractivity contribution >= 4 is 0 Å². The number of hydrogen-bond acceptors (Lipinski definition) is 9. The van der Waals surface area contributed by atoms with Crippen molar-refractivity contribution in [2.45, 2.75) is 75.4 Å². The minimum Gasteiger partial charge on any atom is -0.394 e. The lowest BCUT2D eigenvalue weighted by Crippen LogP contribution is -2.53. The Labute approximate surface area is 140 Å². The van der Waals surface area contributed by atoms with Crippen LogP contribution in [0, 0.1) is 5.92 Å². The van der Waals surface area contributed by atoms with Crippen LogP contribution in [0.5, 0.6) is 0 Å². The molecule has 9 nitrogen and oxygen atoms in total. The highest BCUT2D eigenvalue weighted by Crippen LogP contribution is 2.27. The van der Waals surface area contributed by atoms with Gasteiger partial charge in [0.05, 0.1) is 31.5 Å². The fraction of sp³-hybridized carbons (Fsp3) is 1.00. The standard InChI is InChI=1S/C15H28O9/c1-7-4-10(18)12(20)15(23-7)24-13(11(19)5-16)9(17)3-2-8-6-22-14(8)21/h7-21H,2-6H2,1H3/t7-,8?,9-,10+,11-,12-,13+,14?,15+/m1/s1. The van der Waals surface area contributed by atoms with Gasteiger partial charge in [0.1, 0.15) is 18.3 Å². The number of hydrogen-bond donors (Lipinski definition) is 6. The van der Waals surface area contributed by atoms with Crippen LogP contribution in [0.15, 0.2) is 0 Å². The van der Waals surface area contributed by atoms with Gasteiger partial charge >= 0.3 is 0 Å². The molecule has 142 valence electrons. The highest BCUT2D eigenvalue weighted by Gasteiger charge is 2.40. The third-order valence-electron chi connectivity index (χ3n) is 4.57. The van der Waals surface area contributed by atoms with Crippen LogP contribution in [-0.4, -0.2) is 93.1 Å². The predicted octanol–water partition coefficient (Wildman–Crippen LogP) is -2.31. The topological polar surface area (TPSA) is 149 Å². The molecule has 0 aromatic carbocycles. The summed E-state index contributed by atoms with van der Waals surface area (Å²) in [6.07, 6.45) is -7.62. The molecule has 2 saturated heterocycles. The molecule has 0 saturated carbocycles. The van der Waals surface area contributed by atoms with Crippen LogP contribution in [0.2, 0.25) is 0 Å². The van der Waals surface area contributed by atoms with Gasteiger partial charge in [-0.25, -0.2) is 0 Å². The van der Waals surface area contributed by atoms with Gasteiger partial charge in [0.15, 0.2) is 12.6 Å². The third kappa shape index (κ3) is 4.84. The number of ether oxygens (including phenoxy) is 3. The van der Waals surface area contributed by atoms with Crippen molar-refractivity contribution in [3.05, 3.63) is 0 Å². The molecule has 0 radical (unpaired) electrons. The van der Waals surface area contributed by atoms with Gasteiger partial charge in [-0.3, -0.25) is 0 Å². The second-order valence-electron chi connectivity index (χ2n) is 6.59. The second-order valence-corrected chi connectivity index (χ2v) is 6.59. The van der Waals surface area contributed by atoms with Crippen molar-refractivity contribution in [2.24, 2.45) is 5.92 Å². The molecule has 0 aliphatic carbocycles. The summed E-state index contributed by atoms with van der Waals surface area (Å²) in [5.41, 5.74) is 0. The Balaban J connectivity index is 1.93. The molecule has 24 heavy (non-hydrogen) atoms. The van der Waals surface area contributed by atoms with E-state index in [4.69, 9.17) is 14.2 Å². The van der Waals surface area contributed by atoms with Gasteiger partial charge in [-0.2, -0.15) is 0 Å². The Morgan fingerprint density at radius 1 is 1.17 bits per heavy atom. The number of aliphatic hydroxyl groups excluding tert-OH is 6. The summed E-state index contributed by atoms with van der Waals surface area (Å²) < 4.78 is 15.7. The van der Waals surface area contributed by atoms with E-state index in [0.717, 1.165) is 0 Å². The van der Waals surface area contributed by atoms with Crippen LogP contribution in [0.1, 0.15) is 26.2 Å². The normalized spacial score (nSPS) is 40.6. The van der Waals surface area contributed by atoms with E-state index in [0.29, 0.717) is 13.0 Å². The number of aliphatic hydroxyl groups is 6. The summed E-state index contributed by atoms with van der Waals surface area (Å²) in [6, 6.07) is 0. The molecule has 2 fully saturated rings. The maximum Gasteiger partial charge on any atom is 0.186 e. The minimum atomic E-state index is -1.38. The first-order valence-electron chi connectivity index (χ1n) is 8.27. The van der Waals surface area contributed by atoms with E-state index >= 15 is 0 Å². The van der Waals surface area contributed by atoms with E-state index in [9.17, 15) is 30.6 Å². The van der Waals surface area contributed by atoms with Gasteiger partial charge in [-0.1, -0.05) is 0 Å². The maximum atomic E-state index is 10.3. The molecule has 9 heteroatoms. The minimum absolute atomic E-state index is 0.0927. The van der Waals surface area contributed by atoms with Crippen LogP contribution < -0.4 is 0 Å². The Morgan fingerprint density at radius 3 is 2.42 bits per heavy atom. The summed E-state index contributed by atoms with van der Waals surface area (Å²) >= 11 is 0. The molecule has 2 unspecified atom stereocenters. The van der Waals surface area contributed by atoms with Crippen molar-refractivity contribution in [2.75, 3.05) is 13.2 Å². The molecule has 2 aliphatic rings. The zero-order chi connectivity index (χ0) is 17.9. The van der Waals surface area contributed by atoms with Crippen LogP contribution in [0.25, 0.3) is 0 Å². The highest BCUT2D eigenvalue weighted by atomic mass is 16.7. The lowest BCUT2D eigenvalue weighted by Gasteiger charge is -2.39. The SMILES string of the molecule is C[C@@H]1C[C@H](O)[C@@H](O)[C@H](O[C@H]([C@H](O)CO)[C@H](O)CCC2COC2O)O1. The molecule has 6 N–H and O–H groups in total. The van der Waals surface area contributed by atoms with Gasteiger partial charge in [0.2, 0.25) is 0 Å². The van der Waals surface area contributed by atoms with Gasteiger partial charge < -0.3 is 44.8 Å². The molecule has 0 aromatic heterocycles. The Kier molecular flexibility index (Phi) is 7.35. The summed E-state index contributed by atoms with van der Waals surface area (Å²) in [5.74, 6) is -0.0927. The van der Waals surface area contributed by atoms with Crippen molar-refractivity contribution < 1.29 is 44.8 Å². The van der Waals surface area contributed by atoms with Crippen LogP contribution in [0.3, 0.4) is 0 Å². The Morgan fingerprint density at radius 2 is 1.88 bits per heavy atom. The summed E-state index contributed by atoms with van der Waals surface area (Å²) in [6.45, 7) is 1.46. The van der Waals surface area contributed by atoms with Crippen LogP contribution in [0.4, 0.5) is 0 Å². The average molecular weight is 352 g/mol. The highest BCUT2D eigenvalue weighted by molar-refractivity contribution is 4.84. The van der Waals surface area contributed by atoms with Gasteiger partial charge in [-0.05, 0) is 19.8 Å². The molecule has 9 atom stereocenters. The van der Waals surface area contributed by atoms with Crippen molar-refractivity contribution in [3.8, 4) is 0 Å². The van der Waals surface area contributed by atoms with Gasteiger partial charge in [-0.15, -0.1) is 0 Å². The Hall–Kier alpha value is -0.360. The maximum absolute atomic E-state index is 10.3. The van der Waals surface area contributed by atoms with Gasteiger partial charge in [0, 0.05) is 12.3 Å². The van der Waals surface area contributed by atoms with Crippen LogP contribution in [-0.2, 0) is 14.2 Å². The molecule has 2 rings (SSSR count). The van der Waals surface area contributed by atoms with Crippen LogP contribution >= 0.6 is 0 Å². The molecule has 0 amide bonds. The zero-order valence-corrected chi connectivity index (χ0v) is 13.6. The predicted molar refractivity (Wildman–Crippen MR) is 79.6 cm³/mol. The second kappa shape index (κ2) is 8.84. The lowest BCUT2D eigenvalue weighted by atomic mass is 9.94. The number of rotatable bonds is 8. The molecule has 0 aromatic rings. The van der Waals surface area contributed by atoms with E-state index in [-0.39, 0.29) is 24.9 Å². The van der Waals surface area contributed by atoms with Gasteiger partial charge in [0.25, 0.3) is 0 Å². The van der Waals surface area contributed by atoms with E-state index in [1.54, 1.807) is 6.92 Å². The quantitative estimate of drug-likeness (QED) is 0.283. The van der Waals surface area contributed by atoms with E-state index in [2.05, 4.69) is 0 Å². The molecule has 2 aliphatic heterocycles. The van der Waals surface area contributed by atoms with Crippen molar-refractivity contribution in [1.82, 2.24) is 0 Å². The monoisotopic (exact) mass is 352 g/mol. The van der Waals surface area contributed by atoms with E-state index in [1.807, 2.05) is 0 Å². The Bertz CT molecular complexity index is 382. The molecule has 2 heterocycles. The lowest BCUT2D eigenvalue weighted by molar-refractivity contribution is -0.298. The van der Waals surface area contributed by atoms with E-state index in [1.165, 1.54) is 0 Å². The first-order valence-corrected chi connectivity index (χ1v) is 8.27. The largest absolute Gasteiger partial charge is 0.394 e. The fourth-order valence-corrected chi connectivity index (χ4v) is 2.93. The van der Waals surface area contributed by atoms with Crippen molar-refractivity contribution in [1.29, 1.82) is 0 Å². The summed E-state index contributed by atoms with van der Waals surface area (Å²) in [5, 5.41) is 58.5. The molecular weight excluding hydrogens is 324 g/mol. The average Bonchev–Trinajstić information content (AvgIpc) is 2.54. The first-order chi connectivity index (χ1) is 11.3. The van der Waals surface area contributed by atoms with Crippen molar-refractivity contribution in [3.63, 3.8) is 0 Å². The molecule has 0 bridgehead atoms. The summed E-state index contributed by atoms with van der Waals surface area (Å²) in [7, 11) is 0. The van der Waals surface area contributed by atoms with E-state index < -0.39 is 49.7 Å². The zero-order valence-electron chi connectivity index (χ0n) is 13.6. The smallest absolute Gasteiger partial charge is 0.186 e. The summed E-state index contributed by atoms with van der Waals surface area (Å²) in [4.78, 5) is 0. The first kappa shape index (κ1) is 20.0. The molecular formula is C15H28O9. The molecule has 0 spiro atoms. The third-order valence-corrected chi connectivity index (χ3v) is 4.57.